The van der Waals surface area contributed by atoms with E-state index in [1.807, 2.05) is 28.4 Å². The molecule has 0 saturated carbocycles. The predicted octanol–water partition coefficient (Wildman–Crippen LogP) is 3.08. The van der Waals surface area contributed by atoms with Crippen molar-refractivity contribution < 1.29 is 9.18 Å². The van der Waals surface area contributed by atoms with Gasteiger partial charge in [-0.25, -0.2) is 0 Å². The van der Waals surface area contributed by atoms with Crippen LogP contribution in [0.5, 0.6) is 0 Å². The second kappa shape index (κ2) is 7.48. The van der Waals surface area contributed by atoms with E-state index in [0.29, 0.717) is 5.56 Å². The molecule has 0 radical (unpaired) electrons. The summed E-state index contributed by atoms with van der Waals surface area (Å²) in [5, 5.41) is 2.63. The molecule has 0 spiro atoms. The van der Waals surface area contributed by atoms with Crippen LogP contribution in [-0.4, -0.2) is 25.5 Å². The van der Waals surface area contributed by atoms with Crippen LogP contribution in [0, 0.1) is 5.82 Å². The van der Waals surface area contributed by atoms with E-state index in [0.717, 1.165) is 10.2 Å². The van der Waals surface area contributed by atoms with Gasteiger partial charge in [0.2, 0.25) is 0 Å². The zero-order valence-corrected chi connectivity index (χ0v) is 13.5. The molecule has 2 aromatic rings. The molecule has 0 aliphatic carbocycles. The Labute approximate surface area is 127 Å². The van der Waals surface area contributed by atoms with Crippen LogP contribution >= 0.6 is 10.2 Å². The number of anilines is 1. The Hall–Kier alpha value is -1.29. The summed E-state index contributed by atoms with van der Waals surface area (Å²) in [4.78, 5) is 12.3. The molecule has 20 heavy (non-hydrogen) atoms. The molecule has 0 heterocycles. The Kier molecular flexibility index (Phi) is 5.65. The van der Waals surface area contributed by atoms with Crippen molar-refractivity contribution in [3.8, 4) is 0 Å². The van der Waals surface area contributed by atoms with Crippen molar-refractivity contribution in [3.63, 3.8) is 0 Å². The van der Waals surface area contributed by atoms with Crippen molar-refractivity contribution in [3.05, 3.63) is 59.9 Å². The molecular weight excluding hydrogens is 340 g/mol. The van der Waals surface area contributed by atoms with E-state index < -0.39 is 5.82 Å². The number of benzene rings is 2. The van der Waals surface area contributed by atoms with Gasteiger partial charge in [-0.1, -0.05) is 0 Å². The van der Waals surface area contributed by atoms with E-state index in [1.54, 1.807) is 24.3 Å². The van der Waals surface area contributed by atoms with Gasteiger partial charge in [-0.3, -0.25) is 0 Å². The molecule has 104 valence electrons. The van der Waals surface area contributed by atoms with Crippen molar-refractivity contribution in [1.82, 2.24) is 0 Å². The fourth-order valence-corrected chi connectivity index (χ4v) is 4.95. The average molecular weight is 354 g/mol. The van der Waals surface area contributed by atoms with E-state index >= 15 is 0 Å². The van der Waals surface area contributed by atoms with E-state index in [-0.39, 0.29) is 25.4 Å². The second-order valence-corrected chi connectivity index (χ2v) is 8.36. The van der Waals surface area contributed by atoms with Gasteiger partial charge in [-0.05, 0) is 0 Å². The minimum absolute atomic E-state index is 0.192. The quantitative estimate of drug-likeness (QED) is 0.837. The summed E-state index contributed by atoms with van der Waals surface area (Å²) in [5.74, 6) is 0.333. The summed E-state index contributed by atoms with van der Waals surface area (Å²) < 4.78 is 14.6. The third-order valence-electron chi connectivity index (χ3n) is 2.52. The molecule has 0 fully saturated rings. The van der Waals surface area contributed by atoms with Crippen LogP contribution in [0.4, 0.5) is 10.1 Å². The number of halogens is 1. The third kappa shape index (κ3) is 3.85. The van der Waals surface area contributed by atoms with Crippen LogP contribution in [0.25, 0.3) is 0 Å². The van der Waals surface area contributed by atoms with Crippen LogP contribution in [-0.2, 0) is 0 Å². The van der Waals surface area contributed by atoms with Gasteiger partial charge in [0.15, 0.2) is 0 Å². The first-order valence-electron chi connectivity index (χ1n) is 6.16. The maximum atomic E-state index is 13.6. The molecule has 0 aliphatic rings. The van der Waals surface area contributed by atoms with E-state index in [4.69, 9.17) is 0 Å². The monoisotopic (exact) mass is 355 g/mol. The van der Waals surface area contributed by atoms with Gasteiger partial charge in [0.05, 0.1) is 0 Å². The van der Waals surface area contributed by atoms with Crippen molar-refractivity contribution in [2.45, 2.75) is 6.92 Å². The summed E-state index contributed by atoms with van der Waals surface area (Å²) >= 11 is 0.192. The molecule has 2 nitrogen and oxygen atoms in total. The molecule has 5 heteroatoms. The van der Waals surface area contributed by atoms with Crippen molar-refractivity contribution >= 4 is 40.1 Å². The Morgan fingerprint density at radius 2 is 1.90 bits per heavy atom. The Morgan fingerprint density at radius 3 is 2.65 bits per heavy atom. The van der Waals surface area contributed by atoms with Gasteiger partial charge in [0, 0.05) is 0 Å². The first-order chi connectivity index (χ1) is 9.72. The second-order valence-electron chi connectivity index (χ2n) is 3.92. The number of carbonyl (C=O) groups is 1. The molecule has 2 aromatic carbocycles. The topological polar surface area (TPSA) is 29.1 Å². The van der Waals surface area contributed by atoms with Crippen LogP contribution in [0.15, 0.2) is 48.5 Å². The van der Waals surface area contributed by atoms with Gasteiger partial charge in [0.1, 0.15) is 0 Å². The normalized spacial score (nSPS) is 10.3. The average Bonchev–Trinajstić information content (AvgIpc) is 2.47. The van der Waals surface area contributed by atoms with Crippen molar-refractivity contribution in [2.24, 2.45) is 0 Å². The Morgan fingerprint density at radius 1 is 1.20 bits per heavy atom. The molecule has 0 aromatic heterocycles. The van der Waals surface area contributed by atoms with E-state index in [9.17, 15) is 9.18 Å². The summed E-state index contributed by atoms with van der Waals surface area (Å²) in [7, 11) is 1.81. The van der Waals surface area contributed by atoms with E-state index in [2.05, 4.69) is 12.2 Å². The number of hydrogen-bond acceptors (Lipinski definition) is 2. The SMILES string of the molecule is CCS[Se]c1ccccc1C(=O)Nc1ccccc1F. The number of hydrogen-bond donors (Lipinski definition) is 1. The summed E-state index contributed by atoms with van der Waals surface area (Å²) in [6.07, 6.45) is 0. The first kappa shape index (κ1) is 15.1. The molecule has 0 aliphatic heterocycles. The number of amides is 1. The molecule has 0 saturated heterocycles. The summed E-state index contributed by atoms with van der Waals surface area (Å²) in [5.41, 5.74) is 0.833. The van der Waals surface area contributed by atoms with Gasteiger partial charge >= 0.3 is 127 Å². The van der Waals surface area contributed by atoms with Crippen LogP contribution < -0.4 is 9.78 Å². The zero-order chi connectivity index (χ0) is 14.4. The number of para-hydroxylation sites is 1. The summed E-state index contributed by atoms with van der Waals surface area (Å²) in [6, 6.07) is 13.7. The van der Waals surface area contributed by atoms with Crippen LogP contribution in [0.1, 0.15) is 17.3 Å². The van der Waals surface area contributed by atoms with Crippen molar-refractivity contribution in [1.29, 1.82) is 0 Å². The standard InChI is InChI=1S/C15H14FNOSSe/c1-2-19-20-14-10-6-3-7-11(14)15(18)17-13-9-5-4-8-12(13)16/h3-10H,2H2,1H3,(H,17,18). The van der Waals surface area contributed by atoms with Gasteiger partial charge in [0.25, 0.3) is 0 Å². The fourth-order valence-electron chi connectivity index (χ4n) is 1.60. The van der Waals surface area contributed by atoms with Crippen molar-refractivity contribution in [2.75, 3.05) is 11.1 Å². The van der Waals surface area contributed by atoms with E-state index in [1.165, 1.54) is 6.07 Å². The Balaban J connectivity index is 2.19. The third-order valence-corrected chi connectivity index (χ3v) is 7.16. The predicted molar refractivity (Wildman–Crippen MR) is 84.3 cm³/mol. The van der Waals surface area contributed by atoms with Crippen LogP contribution in [0.3, 0.4) is 0 Å². The molecule has 0 unspecified atom stereocenters. The molecule has 1 amide bonds. The Bertz CT molecular complexity index is 606. The maximum absolute atomic E-state index is 13.6. The van der Waals surface area contributed by atoms with Gasteiger partial charge in [-0.2, -0.15) is 0 Å². The molecule has 0 atom stereocenters. The molecule has 1 N–H and O–H groups in total. The number of carbonyl (C=O) groups excluding carboxylic acids is 1. The zero-order valence-electron chi connectivity index (χ0n) is 10.9. The van der Waals surface area contributed by atoms with Gasteiger partial charge < -0.3 is 0 Å². The van der Waals surface area contributed by atoms with Crippen LogP contribution in [0.2, 0.25) is 0 Å². The first-order valence-corrected chi connectivity index (χ1v) is 10.0. The minimum atomic E-state index is -0.424. The molecular formula is C15H14FNOSSe. The summed E-state index contributed by atoms with van der Waals surface area (Å²) in [6.45, 7) is 2.09. The fraction of sp³-hybridized carbons (Fsp3) is 0.133. The molecule has 0 bridgehead atoms. The number of nitrogens with one attached hydrogen (secondary N) is 1. The number of rotatable bonds is 5. The van der Waals surface area contributed by atoms with Gasteiger partial charge in [-0.15, -0.1) is 0 Å². The molecule has 2 rings (SSSR count).